The monoisotopic (exact) mass is 271 g/mol. The lowest BCUT2D eigenvalue weighted by atomic mass is 9.96. The molecule has 0 bridgehead atoms. The molecule has 0 N–H and O–H groups in total. The summed E-state index contributed by atoms with van der Waals surface area (Å²) in [6.45, 7) is 5.84. The Hall–Kier alpha value is -1.67. The van der Waals surface area contributed by atoms with E-state index in [1.165, 1.54) is 45.3 Å². The quantitative estimate of drug-likeness (QED) is 0.837. The average molecular weight is 271 g/mol. The highest BCUT2D eigenvalue weighted by molar-refractivity contribution is 5.34. The summed E-state index contributed by atoms with van der Waals surface area (Å²) in [7, 11) is 0. The van der Waals surface area contributed by atoms with E-state index >= 15 is 0 Å². The van der Waals surface area contributed by atoms with E-state index in [0.717, 1.165) is 19.0 Å². The number of hydrogen-bond acceptors (Lipinski definition) is 5. The highest BCUT2D eigenvalue weighted by Gasteiger charge is 2.24. The predicted molar refractivity (Wildman–Crippen MR) is 77.4 cm³/mol. The zero-order valence-electron chi connectivity index (χ0n) is 11.8. The van der Waals surface area contributed by atoms with Crippen LogP contribution in [0.15, 0.2) is 12.3 Å². The number of anilines is 1. The van der Waals surface area contributed by atoms with Gasteiger partial charge in [0.2, 0.25) is 5.95 Å². The smallest absolute Gasteiger partial charge is 0.226 e. The van der Waals surface area contributed by atoms with Gasteiger partial charge in [-0.1, -0.05) is 0 Å². The lowest BCUT2D eigenvalue weighted by molar-refractivity contribution is 0.249. The summed E-state index contributed by atoms with van der Waals surface area (Å²) < 4.78 is 0. The van der Waals surface area contributed by atoms with Crippen LogP contribution < -0.4 is 4.90 Å². The Bertz CT molecular complexity index is 481. The maximum absolute atomic E-state index is 8.90. The normalized spacial score (nSPS) is 21.1. The third-order valence-corrected chi connectivity index (χ3v) is 4.37. The summed E-state index contributed by atoms with van der Waals surface area (Å²) >= 11 is 0. The maximum Gasteiger partial charge on any atom is 0.226 e. The van der Waals surface area contributed by atoms with E-state index in [1.807, 2.05) is 0 Å². The fourth-order valence-electron chi connectivity index (χ4n) is 3.21. The third kappa shape index (κ3) is 3.07. The van der Waals surface area contributed by atoms with Gasteiger partial charge in [-0.25, -0.2) is 9.97 Å². The number of hydrogen-bond donors (Lipinski definition) is 0. The minimum absolute atomic E-state index is 0.453. The molecule has 0 atom stereocenters. The molecule has 3 rings (SSSR count). The first kappa shape index (κ1) is 13.3. The van der Waals surface area contributed by atoms with Gasteiger partial charge in [-0.3, -0.25) is 0 Å². The molecular formula is C15H21N5. The lowest BCUT2D eigenvalue weighted by Gasteiger charge is -2.33. The Balaban J connectivity index is 1.53. The minimum atomic E-state index is 0.453. The molecule has 0 saturated carbocycles. The maximum atomic E-state index is 8.90. The summed E-state index contributed by atoms with van der Waals surface area (Å²) in [4.78, 5) is 13.4. The van der Waals surface area contributed by atoms with E-state index in [-0.39, 0.29) is 0 Å². The average Bonchev–Trinajstić information content (AvgIpc) is 3.01. The molecular weight excluding hydrogens is 250 g/mol. The van der Waals surface area contributed by atoms with Gasteiger partial charge in [-0.05, 0) is 50.8 Å². The molecule has 20 heavy (non-hydrogen) atoms. The van der Waals surface area contributed by atoms with E-state index < -0.39 is 0 Å². The van der Waals surface area contributed by atoms with Crippen molar-refractivity contribution in [3.05, 3.63) is 18.0 Å². The van der Waals surface area contributed by atoms with Gasteiger partial charge in [-0.2, -0.15) is 5.26 Å². The van der Waals surface area contributed by atoms with E-state index in [0.29, 0.717) is 11.6 Å². The first-order valence-corrected chi connectivity index (χ1v) is 7.55. The van der Waals surface area contributed by atoms with E-state index in [4.69, 9.17) is 5.26 Å². The fraction of sp³-hybridized carbons (Fsp3) is 0.667. The third-order valence-electron chi connectivity index (χ3n) is 4.37. The molecule has 0 unspecified atom stereocenters. The van der Waals surface area contributed by atoms with Crippen LogP contribution >= 0.6 is 0 Å². The molecule has 3 heterocycles. The minimum Gasteiger partial charge on any atom is -0.341 e. The summed E-state index contributed by atoms with van der Waals surface area (Å²) in [5, 5.41) is 8.90. The molecule has 5 nitrogen and oxygen atoms in total. The van der Waals surface area contributed by atoms with Crippen molar-refractivity contribution in [2.24, 2.45) is 5.92 Å². The second kappa shape index (κ2) is 6.19. The first-order valence-electron chi connectivity index (χ1n) is 7.55. The van der Waals surface area contributed by atoms with Crippen molar-refractivity contribution in [2.45, 2.75) is 25.7 Å². The Labute approximate surface area is 120 Å². The van der Waals surface area contributed by atoms with Crippen molar-refractivity contribution in [2.75, 3.05) is 37.6 Å². The molecule has 5 heteroatoms. The lowest BCUT2D eigenvalue weighted by Crippen LogP contribution is -2.38. The molecule has 0 amide bonds. The van der Waals surface area contributed by atoms with Gasteiger partial charge in [0.25, 0.3) is 0 Å². The summed E-state index contributed by atoms with van der Waals surface area (Å²) in [5.74, 6) is 1.52. The van der Waals surface area contributed by atoms with Crippen LogP contribution in [-0.4, -0.2) is 47.6 Å². The SMILES string of the molecule is N#Cc1ccnc(N2CCC(CN3CCCC3)CC2)n1. The number of aromatic nitrogens is 2. The molecule has 2 aliphatic rings. The Morgan fingerprint density at radius 1 is 1.20 bits per heavy atom. The second-order valence-electron chi connectivity index (χ2n) is 5.79. The Morgan fingerprint density at radius 2 is 1.95 bits per heavy atom. The zero-order valence-corrected chi connectivity index (χ0v) is 11.8. The van der Waals surface area contributed by atoms with Crippen molar-refractivity contribution in [1.82, 2.24) is 14.9 Å². The molecule has 1 aromatic heterocycles. The van der Waals surface area contributed by atoms with Crippen molar-refractivity contribution in [1.29, 1.82) is 5.26 Å². The van der Waals surface area contributed by atoms with Crippen molar-refractivity contribution in [3.63, 3.8) is 0 Å². The molecule has 106 valence electrons. The van der Waals surface area contributed by atoms with Crippen LogP contribution in [0.4, 0.5) is 5.95 Å². The molecule has 2 fully saturated rings. The van der Waals surface area contributed by atoms with E-state index in [9.17, 15) is 0 Å². The molecule has 0 aliphatic carbocycles. The number of nitriles is 1. The van der Waals surface area contributed by atoms with E-state index in [1.54, 1.807) is 12.3 Å². The van der Waals surface area contributed by atoms with Crippen LogP contribution in [0.5, 0.6) is 0 Å². The zero-order chi connectivity index (χ0) is 13.8. The van der Waals surface area contributed by atoms with Crippen LogP contribution in [0.2, 0.25) is 0 Å². The standard InChI is InChI=1S/C15H21N5/c16-11-14-3-6-17-15(18-14)20-9-4-13(5-10-20)12-19-7-1-2-8-19/h3,6,13H,1-2,4-5,7-10,12H2. The Kier molecular flexibility index (Phi) is 4.12. The number of likely N-dealkylation sites (tertiary alicyclic amines) is 1. The van der Waals surface area contributed by atoms with Gasteiger partial charge in [0.05, 0.1) is 0 Å². The fourth-order valence-corrected chi connectivity index (χ4v) is 3.21. The topological polar surface area (TPSA) is 56.1 Å². The molecule has 0 aromatic carbocycles. The molecule has 1 aromatic rings. The van der Waals surface area contributed by atoms with Gasteiger partial charge >= 0.3 is 0 Å². The molecule has 2 aliphatic heterocycles. The number of rotatable bonds is 3. The van der Waals surface area contributed by atoms with Gasteiger partial charge in [0.15, 0.2) is 0 Å². The summed E-state index contributed by atoms with van der Waals surface area (Å²) in [6, 6.07) is 3.74. The van der Waals surface area contributed by atoms with Crippen molar-refractivity contribution < 1.29 is 0 Å². The second-order valence-corrected chi connectivity index (χ2v) is 5.79. The molecule has 0 radical (unpaired) electrons. The van der Waals surface area contributed by atoms with Crippen molar-refractivity contribution >= 4 is 5.95 Å². The van der Waals surface area contributed by atoms with Crippen LogP contribution in [0, 0.1) is 17.2 Å². The first-order chi connectivity index (χ1) is 9.85. The van der Waals surface area contributed by atoms with Crippen LogP contribution in [-0.2, 0) is 0 Å². The van der Waals surface area contributed by atoms with Crippen LogP contribution in [0.3, 0.4) is 0 Å². The van der Waals surface area contributed by atoms with Crippen LogP contribution in [0.1, 0.15) is 31.4 Å². The van der Waals surface area contributed by atoms with Gasteiger partial charge in [0, 0.05) is 25.8 Å². The summed E-state index contributed by atoms with van der Waals surface area (Å²) in [5.41, 5.74) is 0.453. The number of piperidine rings is 1. The predicted octanol–water partition coefficient (Wildman–Crippen LogP) is 1.66. The molecule has 2 saturated heterocycles. The Morgan fingerprint density at radius 3 is 2.65 bits per heavy atom. The summed E-state index contributed by atoms with van der Waals surface area (Å²) in [6.07, 6.45) is 6.83. The number of nitrogens with zero attached hydrogens (tertiary/aromatic N) is 5. The van der Waals surface area contributed by atoms with Gasteiger partial charge in [-0.15, -0.1) is 0 Å². The highest BCUT2D eigenvalue weighted by Crippen LogP contribution is 2.22. The van der Waals surface area contributed by atoms with Crippen molar-refractivity contribution in [3.8, 4) is 6.07 Å². The van der Waals surface area contributed by atoms with E-state index in [2.05, 4.69) is 25.8 Å². The molecule has 0 spiro atoms. The highest BCUT2D eigenvalue weighted by atomic mass is 15.3. The van der Waals surface area contributed by atoms with Crippen LogP contribution in [0.25, 0.3) is 0 Å². The largest absolute Gasteiger partial charge is 0.341 e. The van der Waals surface area contributed by atoms with Gasteiger partial charge < -0.3 is 9.80 Å². The van der Waals surface area contributed by atoms with Gasteiger partial charge in [0.1, 0.15) is 11.8 Å².